The third-order valence-electron chi connectivity index (χ3n) is 3.10. The summed E-state index contributed by atoms with van der Waals surface area (Å²) in [5.74, 6) is -1.26. The van der Waals surface area contributed by atoms with Gasteiger partial charge in [-0.05, 0) is 6.92 Å². The van der Waals surface area contributed by atoms with Crippen LogP contribution in [0.15, 0.2) is 12.5 Å². The number of rotatable bonds is 2. The molecule has 1 aliphatic heterocycles. The van der Waals surface area contributed by atoms with Crippen molar-refractivity contribution in [3.63, 3.8) is 0 Å². The second-order valence-corrected chi connectivity index (χ2v) is 4.36. The molecule has 0 aromatic carbocycles. The van der Waals surface area contributed by atoms with Gasteiger partial charge in [-0.15, -0.1) is 0 Å². The molecule has 8 nitrogen and oxygen atoms in total. The summed E-state index contributed by atoms with van der Waals surface area (Å²) >= 11 is 0. The van der Waals surface area contributed by atoms with Gasteiger partial charge < -0.3 is 25.2 Å². The lowest BCUT2D eigenvalue weighted by Gasteiger charge is -2.39. The highest BCUT2D eigenvalue weighted by atomic mass is 16.5. The number of nitrogens with zero attached hydrogens (tertiary/aromatic N) is 2. The van der Waals surface area contributed by atoms with Gasteiger partial charge in [-0.2, -0.15) is 0 Å². The van der Waals surface area contributed by atoms with Crippen molar-refractivity contribution in [3.8, 4) is 0 Å². The molecule has 8 heteroatoms. The van der Waals surface area contributed by atoms with E-state index >= 15 is 0 Å². The Morgan fingerprint density at radius 2 is 1.95 bits per heavy atom. The van der Waals surface area contributed by atoms with Crippen molar-refractivity contribution in [1.82, 2.24) is 9.97 Å². The normalized spacial score (nSPS) is 35.1. The maximum Gasteiger partial charge on any atom is 0.339 e. The molecular formula is C11H14N2O6. The van der Waals surface area contributed by atoms with Gasteiger partial charge in [0.15, 0.2) is 0 Å². The summed E-state index contributed by atoms with van der Waals surface area (Å²) in [6, 6.07) is 0. The van der Waals surface area contributed by atoms with Gasteiger partial charge in [0.2, 0.25) is 0 Å². The first-order valence-electron chi connectivity index (χ1n) is 5.66. The summed E-state index contributed by atoms with van der Waals surface area (Å²) in [5, 5.41) is 38.2. The highest BCUT2D eigenvalue weighted by Crippen LogP contribution is 2.32. The topological polar surface area (TPSA) is 133 Å². The molecule has 5 atom stereocenters. The average molecular weight is 270 g/mol. The Bertz CT molecular complexity index is 482. The molecule has 0 radical (unpaired) electrons. The first kappa shape index (κ1) is 13.8. The highest BCUT2D eigenvalue weighted by molar-refractivity contribution is 5.88. The van der Waals surface area contributed by atoms with E-state index in [1.807, 2.05) is 0 Å². The van der Waals surface area contributed by atoms with Crippen LogP contribution in [0.3, 0.4) is 0 Å². The van der Waals surface area contributed by atoms with Gasteiger partial charge in [0.25, 0.3) is 0 Å². The summed E-state index contributed by atoms with van der Waals surface area (Å²) < 4.78 is 5.34. The number of aromatic nitrogens is 2. The van der Waals surface area contributed by atoms with Crippen LogP contribution in [0.2, 0.25) is 0 Å². The minimum absolute atomic E-state index is 0.0344. The van der Waals surface area contributed by atoms with Gasteiger partial charge in [0, 0.05) is 6.20 Å². The second kappa shape index (κ2) is 5.17. The fourth-order valence-electron chi connectivity index (χ4n) is 2.01. The molecule has 0 aliphatic carbocycles. The number of carboxylic acid groups (broad SMARTS) is 1. The van der Waals surface area contributed by atoms with Crippen LogP contribution in [-0.2, 0) is 4.74 Å². The van der Waals surface area contributed by atoms with Gasteiger partial charge in [-0.3, -0.25) is 0 Å². The number of aromatic carboxylic acids is 1. The standard InChI is InChI=1S/C11H14N2O6/c1-4-7(14)8(15)9(16)10(19-4)6-5(11(17)18)2-12-3-13-6/h2-4,7-10,14-16H,1H3,(H,17,18)/t4-,7+,8+,9-,10+/m1/s1. The molecule has 0 unspecified atom stereocenters. The number of hydrogen-bond acceptors (Lipinski definition) is 7. The number of ether oxygens (including phenoxy) is 1. The Labute approximate surface area is 108 Å². The summed E-state index contributed by atoms with van der Waals surface area (Å²) in [7, 11) is 0. The molecule has 0 amide bonds. The van der Waals surface area contributed by atoms with E-state index in [4.69, 9.17) is 9.84 Å². The fraction of sp³-hybridized carbons (Fsp3) is 0.545. The predicted octanol–water partition coefficient (Wildman–Crippen LogP) is -1.28. The van der Waals surface area contributed by atoms with Crippen LogP contribution in [0.5, 0.6) is 0 Å². The largest absolute Gasteiger partial charge is 0.478 e. The van der Waals surface area contributed by atoms with E-state index in [0.29, 0.717) is 0 Å². The van der Waals surface area contributed by atoms with Crippen LogP contribution in [0.4, 0.5) is 0 Å². The van der Waals surface area contributed by atoms with E-state index in [2.05, 4.69) is 9.97 Å². The summed E-state index contributed by atoms with van der Waals surface area (Å²) in [4.78, 5) is 18.5. The van der Waals surface area contributed by atoms with Gasteiger partial charge in [-0.25, -0.2) is 14.8 Å². The van der Waals surface area contributed by atoms with Gasteiger partial charge in [0.05, 0.1) is 11.8 Å². The highest BCUT2D eigenvalue weighted by Gasteiger charge is 2.44. The Morgan fingerprint density at radius 3 is 2.58 bits per heavy atom. The Morgan fingerprint density at radius 1 is 1.26 bits per heavy atom. The lowest BCUT2D eigenvalue weighted by molar-refractivity contribution is -0.220. The van der Waals surface area contributed by atoms with Gasteiger partial charge >= 0.3 is 5.97 Å². The molecule has 2 rings (SSSR count). The first-order chi connectivity index (χ1) is 8.93. The van der Waals surface area contributed by atoms with Gasteiger partial charge in [-0.1, -0.05) is 0 Å². The van der Waals surface area contributed by atoms with Crippen molar-refractivity contribution >= 4 is 5.97 Å². The number of hydrogen-bond donors (Lipinski definition) is 4. The number of aliphatic hydroxyl groups excluding tert-OH is 3. The van der Waals surface area contributed by atoms with E-state index < -0.39 is 36.5 Å². The zero-order valence-electron chi connectivity index (χ0n) is 10.0. The Hall–Kier alpha value is -1.61. The molecule has 2 heterocycles. The van der Waals surface area contributed by atoms with Crippen LogP contribution < -0.4 is 0 Å². The van der Waals surface area contributed by atoms with E-state index in [1.165, 1.54) is 6.92 Å². The molecular weight excluding hydrogens is 256 g/mol. The van der Waals surface area contributed by atoms with Crippen molar-refractivity contribution in [1.29, 1.82) is 0 Å². The summed E-state index contributed by atoms with van der Waals surface area (Å²) in [6.07, 6.45) is -3.85. The molecule has 1 saturated heterocycles. The maximum absolute atomic E-state index is 11.1. The molecule has 4 N–H and O–H groups in total. The third-order valence-corrected chi connectivity index (χ3v) is 3.10. The number of aliphatic hydroxyl groups is 3. The summed E-state index contributed by atoms with van der Waals surface area (Å²) in [5.41, 5.74) is -0.255. The molecule has 0 saturated carbocycles. The molecule has 19 heavy (non-hydrogen) atoms. The monoisotopic (exact) mass is 270 g/mol. The molecule has 0 spiro atoms. The predicted molar refractivity (Wildman–Crippen MR) is 60.3 cm³/mol. The van der Waals surface area contributed by atoms with E-state index in [1.54, 1.807) is 0 Å². The smallest absolute Gasteiger partial charge is 0.339 e. The fourth-order valence-corrected chi connectivity index (χ4v) is 2.01. The lowest BCUT2D eigenvalue weighted by Crippen LogP contribution is -2.53. The van der Waals surface area contributed by atoms with Crippen LogP contribution in [-0.4, -0.2) is 60.8 Å². The average Bonchev–Trinajstić information content (AvgIpc) is 2.40. The zero-order valence-corrected chi connectivity index (χ0v) is 10.0. The van der Waals surface area contributed by atoms with Crippen molar-refractivity contribution in [2.45, 2.75) is 37.4 Å². The van der Waals surface area contributed by atoms with Crippen molar-refractivity contribution in [2.75, 3.05) is 0 Å². The van der Waals surface area contributed by atoms with Crippen LogP contribution in [0.25, 0.3) is 0 Å². The number of carbonyl (C=O) groups is 1. The second-order valence-electron chi connectivity index (χ2n) is 4.36. The molecule has 104 valence electrons. The minimum Gasteiger partial charge on any atom is -0.478 e. The minimum atomic E-state index is -1.47. The van der Waals surface area contributed by atoms with Crippen molar-refractivity contribution in [2.24, 2.45) is 0 Å². The Kier molecular flexibility index (Phi) is 3.76. The third kappa shape index (κ3) is 2.43. The van der Waals surface area contributed by atoms with Gasteiger partial charge in [0.1, 0.15) is 36.3 Å². The SMILES string of the molecule is C[C@H]1O[C@@H](c2ncncc2C(=O)O)[C@H](O)[C@@H](O)[C@H]1O. The van der Waals surface area contributed by atoms with E-state index in [9.17, 15) is 20.1 Å². The van der Waals surface area contributed by atoms with E-state index in [-0.39, 0.29) is 11.3 Å². The molecule has 0 bridgehead atoms. The maximum atomic E-state index is 11.1. The zero-order chi connectivity index (χ0) is 14.2. The quantitative estimate of drug-likeness (QED) is 0.522. The molecule has 1 aliphatic rings. The molecule has 1 aromatic rings. The number of carboxylic acids is 1. The molecule has 1 fully saturated rings. The van der Waals surface area contributed by atoms with Crippen molar-refractivity contribution < 1.29 is 30.0 Å². The van der Waals surface area contributed by atoms with Crippen molar-refractivity contribution in [3.05, 3.63) is 23.8 Å². The lowest BCUT2D eigenvalue weighted by atomic mass is 9.92. The Balaban J connectivity index is 2.39. The molecule has 1 aromatic heterocycles. The van der Waals surface area contributed by atoms with E-state index in [0.717, 1.165) is 12.5 Å². The van der Waals surface area contributed by atoms with Crippen LogP contribution in [0.1, 0.15) is 29.1 Å². The summed E-state index contributed by atoms with van der Waals surface area (Å²) in [6.45, 7) is 1.51. The van der Waals surface area contributed by atoms with Crippen LogP contribution in [0, 0.1) is 0 Å². The first-order valence-corrected chi connectivity index (χ1v) is 5.66. The van der Waals surface area contributed by atoms with Crippen LogP contribution >= 0.6 is 0 Å².